The molecule has 1 atom stereocenters. The molecule has 0 radical (unpaired) electrons. The van der Waals surface area contributed by atoms with E-state index >= 15 is 0 Å². The van der Waals surface area contributed by atoms with Crippen LogP contribution in [0.5, 0.6) is 0 Å². The summed E-state index contributed by atoms with van der Waals surface area (Å²) in [5, 5.41) is 10.6. The van der Waals surface area contributed by atoms with Gasteiger partial charge in [-0.05, 0) is 56.9 Å². The number of rotatable bonds is 2. The van der Waals surface area contributed by atoms with Gasteiger partial charge in [0.15, 0.2) is 0 Å². The molecule has 1 aromatic heterocycles. The van der Waals surface area contributed by atoms with E-state index in [0.717, 1.165) is 33.8 Å². The molecular weight excluding hydrogens is 224 g/mol. The molecule has 0 amide bonds. The first-order valence-corrected chi connectivity index (χ1v) is 6.24. The minimum Gasteiger partial charge on any atom is -0.466 e. The van der Waals surface area contributed by atoms with Gasteiger partial charge in [0.05, 0.1) is 0 Å². The summed E-state index contributed by atoms with van der Waals surface area (Å²) in [4.78, 5) is 0. The second kappa shape index (κ2) is 4.62. The van der Waals surface area contributed by atoms with Crippen LogP contribution in [0.3, 0.4) is 0 Å². The van der Waals surface area contributed by atoms with Crippen LogP contribution in [0.15, 0.2) is 22.6 Å². The van der Waals surface area contributed by atoms with E-state index in [1.54, 1.807) is 0 Å². The third kappa shape index (κ3) is 1.97. The number of aliphatic hydroxyl groups excluding tert-OH is 1. The summed E-state index contributed by atoms with van der Waals surface area (Å²) in [7, 11) is 0. The largest absolute Gasteiger partial charge is 0.466 e. The lowest BCUT2D eigenvalue weighted by Crippen LogP contribution is -2.05. The lowest BCUT2D eigenvalue weighted by molar-refractivity contribution is 0.216. The molecule has 2 heteroatoms. The summed E-state index contributed by atoms with van der Waals surface area (Å²) >= 11 is 0. The molecule has 96 valence electrons. The molecule has 2 rings (SSSR count). The van der Waals surface area contributed by atoms with Gasteiger partial charge in [-0.3, -0.25) is 0 Å². The van der Waals surface area contributed by atoms with Crippen molar-refractivity contribution in [1.82, 2.24) is 0 Å². The third-order valence-electron chi connectivity index (χ3n) is 3.83. The van der Waals surface area contributed by atoms with Crippen molar-refractivity contribution in [3.63, 3.8) is 0 Å². The van der Waals surface area contributed by atoms with Crippen molar-refractivity contribution in [2.45, 2.75) is 40.7 Å². The molecule has 0 spiro atoms. The van der Waals surface area contributed by atoms with E-state index in [1.165, 1.54) is 5.56 Å². The highest BCUT2D eigenvalue weighted by Crippen LogP contribution is 2.33. The summed E-state index contributed by atoms with van der Waals surface area (Å²) in [5.41, 5.74) is 5.24. The lowest BCUT2D eigenvalue weighted by atomic mass is 9.93. The van der Waals surface area contributed by atoms with Crippen molar-refractivity contribution in [3.05, 3.63) is 57.5 Å². The van der Waals surface area contributed by atoms with Crippen molar-refractivity contribution >= 4 is 0 Å². The molecule has 18 heavy (non-hydrogen) atoms. The topological polar surface area (TPSA) is 33.4 Å². The van der Waals surface area contributed by atoms with Gasteiger partial charge < -0.3 is 9.52 Å². The fourth-order valence-electron chi connectivity index (χ4n) is 2.44. The van der Waals surface area contributed by atoms with Gasteiger partial charge >= 0.3 is 0 Å². The van der Waals surface area contributed by atoms with E-state index in [1.807, 2.05) is 39.8 Å². The molecule has 2 aromatic rings. The summed E-state index contributed by atoms with van der Waals surface area (Å²) < 4.78 is 5.60. The van der Waals surface area contributed by atoms with Crippen LogP contribution in [0.4, 0.5) is 0 Å². The van der Waals surface area contributed by atoms with Crippen LogP contribution in [0, 0.1) is 34.6 Å². The second-order valence-electron chi connectivity index (χ2n) is 4.94. The Balaban J connectivity index is 2.54. The van der Waals surface area contributed by atoms with E-state index in [0.29, 0.717) is 0 Å². The fourth-order valence-corrected chi connectivity index (χ4v) is 2.44. The van der Waals surface area contributed by atoms with Crippen LogP contribution in [0.2, 0.25) is 0 Å². The Labute approximate surface area is 108 Å². The Morgan fingerprint density at radius 2 is 1.61 bits per heavy atom. The molecule has 1 heterocycles. The van der Waals surface area contributed by atoms with Crippen LogP contribution in [-0.2, 0) is 0 Å². The average Bonchev–Trinajstić information content (AvgIpc) is 2.56. The number of hydrogen-bond acceptors (Lipinski definition) is 2. The molecule has 0 aliphatic carbocycles. The quantitative estimate of drug-likeness (QED) is 0.869. The molecule has 1 N–H and O–H groups in total. The third-order valence-corrected chi connectivity index (χ3v) is 3.83. The number of aliphatic hydroxyl groups is 1. The minimum atomic E-state index is -0.609. The maximum Gasteiger partial charge on any atom is 0.108 e. The summed E-state index contributed by atoms with van der Waals surface area (Å²) in [6, 6.07) is 6.03. The Kier molecular flexibility index (Phi) is 3.31. The number of benzene rings is 1. The molecule has 0 bridgehead atoms. The van der Waals surface area contributed by atoms with Gasteiger partial charge in [0.25, 0.3) is 0 Å². The molecule has 0 aliphatic heterocycles. The minimum absolute atomic E-state index is 0.609. The maximum absolute atomic E-state index is 10.6. The van der Waals surface area contributed by atoms with Gasteiger partial charge in [-0.25, -0.2) is 0 Å². The predicted octanol–water partition coefficient (Wildman–Crippen LogP) is 3.90. The number of hydrogen-bond donors (Lipinski definition) is 1. The van der Waals surface area contributed by atoms with Crippen LogP contribution in [0.1, 0.15) is 45.4 Å². The van der Waals surface area contributed by atoms with Gasteiger partial charge in [0, 0.05) is 5.56 Å². The van der Waals surface area contributed by atoms with Crippen LogP contribution in [0.25, 0.3) is 0 Å². The first-order valence-electron chi connectivity index (χ1n) is 6.24. The molecule has 0 saturated carbocycles. The molecule has 0 fully saturated rings. The fraction of sp³-hybridized carbons (Fsp3) is 0.375. The van der Waals surface area contributed by atoms with Crippen molar-refractivity contribution in [3.8, 4) is 0 Å². The predicted molar refractivity (Wildman–Crippen MR) is 72.9 cm³/mol. The lowest BCUT2D eigenvalue weighted by Gasteiger charge is -2.16. The van der Waals surface area contributed by atoms with Crippen molar-refractivity contribution in [2.75, 3.05) is 0 Å². The molecule has 0 saturated heterocycles. The number of aryl methyl sites for hydroxylation is 3. The van der Waals surface area contributed by atoms with Crippen molar-refractivity contribution in [1.29, 1.82) is 0 Å². The SMILES string of the molecule is Cc1cccc(C(O)c2c(C)oc(C)c2C)c1C. The van der Waals surface area contributed by atoms with Gasteiger partial charge in [-0.15, -0.1) is 0 Å². The Bertz CT molecular complexity index is 579. The smallest absolute Gasteiger partial charge is 0.108 e. The highest BCUT2D eigenvalue weighted by molar-refractivity contribution is 5.43. The molecular formula is C16H20O2. The van der Waals surface area contributed by atoms with E-state index in [2.05, 4.69) is 13.0 Å². The van der Waals surface area contributed by atoms with E-state index < -0.39 is 6.10 Å². The summed E-state index contributed by atoms with van der Waals surface area (Å²) in [6.45, 7) is 9.94. The zero-order valence-electron chi connectivity index (χ0n) is 11.7. The normalized spacial score (nSPS) is 12.8. The van der Waals surface area contributed by atoms with Crippen LogP contribution in [-0.4, -0.2) is 5.11 Å². The molecule has 0 aliphatic rings. The Morgan fingerprint density at radius 1 is 0.944 bits per heavy atom. The first-order chi connectivity index (χ1) is 8.43. The highest BCUT2D eigenvalue weighted by atomic mass is 16.3. The number of furan rings is 1. The zero-order valence-corrected chi connectivity index (χ0v) is 11.7. The summed E-state index contributed by atoms with van der Waals surface area (Å²) in [5.74, 6) is 1.69. The second-order valence-corrected chi connectivity index (χ2v) is 4.94. The standard InChI is InChI=1S/C16H20O2/c1-9-7-6-8-14(10(9)2)16(17)15-11(3)12(4)18-13(15)5/h6-8,16-17H,1-5H3. The van der Waals surface area contributed by atoms with Crippen molar-refractivity contribution in [2.24, 2.45) is 0 Å². The highest BCUT2D eigenvalue weighted by Gasteiger charge is 2.22. The van der Waals surface area contributed by atoms with E-state index in [9.17, 15) is 5.11 Å². The van der Waals surface area contributed by atoms with Crippen LogP contribution < -0.4 is 0 Å². The zero-order chi connectivity index (χ0) is 13.4. The summed E-state index contributed by atoms with van der Waals surface area (Å²) in [6.07, 6.45) is -0.609. The monoisotopic (exact) mass is 244 g/mol. The molecule has 1 aromatic carbocycles. The van der Waals surface area contributed by atoms with Gasteiger partial charge in [-0.1, -0.05) is 18.2 Å². The Hall–Kier alpha value is -1.54. The first kappa shape index (κ1) is 12.9. The van der Waals surface area contributed by atoms with E-state index in [-0.39, 0.29) is 0 Å². The van der Waals surface area contributed by atoms with Crippen LogP contribution >= 0.6 is 0 Å². The maximum atomic E-state index is 10.6. The van der Waals surface area contributed by atoms with Gasteiger partial charge in [0.1, 0.15) is 17.6 Å². The molecule has 2 nitrogen and oxygen atoms in total. The molecule has 1 unspecified atom stereocenters. The van der Waals surface area contributed by atoms with Gasteiger partial charge in [0.2, 0.25) is 0 Å². The average molecular weight is 244 g/mol. The van der Waals surface area contributed by atoms with E-state index in [4.69, 9.17) is 4.42 Å². The Morgan fingerprint density at radius 3 is 2.17 bits per heavy atom. The van der Waals surface area contributed by atoms with Gasteiger partial charge in [-0.2, -0.15) is 0 Å². The van der Waals surface area contributed by atoms with Crippen molar-refractivity contribution < 1.29 is 9.52 Å².